The van der Waals surface area contributed by atoms with Crippen LogP contribution in [0.4, 0.5) is 0 Å². The number of hydrogen-bond acceptors (Lipinski definition) is 2. The minimum Gasteiger partial charge on any atom is -0.492 e. The molecule has 0 amide bonds. The summed E-state index contributed by atoms with van der Waals surface area (Å²) in [6.07, 6.45) is 1.04. The maximum atomic E-state index is 6.30. The summed E-state index contributed by atoms with van der Waals surface area (Å²) in [5.74, 6) is 1.08. The van der Waals surface area contributed by atoms with Gasteiger partial charge in [-0.3, -0.25) is 0 Å². The monoisotopic (exact) mass is 352 g/mol. The molecule has 1 saturated heterocycles. The largest absolute Gasteiger partial charge is 0.492 e. The molecule has 2 atom stereocenters. The molecule has 1 heterocycles. The van der Waals surface area contributed by atoms with Gasteiger partial charge in [0.05, 0.1) is 18.2 Å². The fraction of sp³-hybridized carbons (Fsp3) is 0.538. The molecule has 2 unspecified atom stereocenters. The minimum absolute atomic E-state index is 0.167. The first-order valence-corrected chi connectivity index (χ1v) is 7.64. The van der Waals surface area contributed by atoms with E-state index < -0.39 is 0 Å². The van der Waals surface area contributed by atoms with Crippen molar-refractivity contribution in [3.63, 3.8) is 0 Å². The summed E-state index contributed by atoms with van der Waals surface area (Å²) in [6, 6.07) is 3.67. The first kappa shape index (κ1) is 14.4. The summed E-state index contributed by atoms with van der Waals surface area (Å²) in [5, 5.41) is 1.27. The van der Waals surface area contributed by atoms with Crippen LogP contribution in [0.15, 0.2) is 12.1 Å². The summed E-state index contributed by atoms with van der Waals surface area (Å²) in [5.41, 5.74) is 1.00. The minimum atomic E-state index is 0.167. The highest BCUT2D eigenvalue weighted by molar-refractivity contribution is 9.09. The molecule has 0 aliphatic carbocycles. The van der Waals surface area contributed by atoms with Crippen LogP contribution in [0.1, 0.15) is 23.7 Å². The molecule has 0 bridgehead atoms. The zero-order valence-corrected chi connectivity index (χ0v) is 13.2. The van der Waals surface area contributed by atoms with Gasteiger partial charge in [0.15, 0.2) is 0 Å². The van der Waals surface area contributed by atoms with Crippen LogP contribution in [-0.2, 0) is 4.74 Å². The zero-order chi connectivity index (χ0) is 13.1. The molecule has 2 rings (SSSR count). The quantitative estimate of drug-likeness (QED) is 0.719. The van der Waals surface area contributed by atoms with E-state index in [9.17, 15) is 0 Å². The highest BCUT2D eigenvalue weighted by atomic mass is 79.9. The van der Waals surface area contributed by atoms with Gasteiger partial charge in [-0.2, -0.15) is 0 Å². The molecule has 1 fully saturated rings. The first-order valence-electron chi connectivity index (χ1n) is 5.97. The maximum absolute atomic E-state index is 6.30. The van der Waals surface area contributed by atoms with E-state index in [0.717, 1.165) is 25.2 Å². The predicted molar refractivity (Wildman–Crippen MR) is 78.2 cm³/mol. The second-order valence-corrected chi connectivity index (χ2v) is 6.06. The van der Waals surface area contributed by atoms with Crippen LogP contribution in [0.25, 0.3) is 0 Å². The van der Waals surface area contributed by atoms with Gasteiger partial charge in [0.2, 0.25) is 0 Å². The summed E-state index contributed by atoms with van der Waals surface area (Å²) >= 11 is 16.2. The van der Waals surface area contributed by atoms with Crippen molar-refractivity contribution >= 4 is 39.1 Å². The molecule has 0 N–H and O–H groups in total. The predicted octanol–water partition coefficient (Wildman–Crippen LogP) is 4.86. The standard InChI is InChI=1S/C13H15BrCl2O2/c1-2-18-12-6-10(15)9(5-11(12)16)13(14)8-3-4-17-7-8/h5-6,8,13H,2-4,7H2,1H3. The van der Waals surface area contributed by atoms with Crippen LogP contribution >= 0.6 is 39.1 Å². The summed E-state index contributed by atoms with van der Waals surface area (Å²) < 4.78 is 10.8. The van der Waals surface area contributed by atoms with Crippen molar-refractivity contribution in [3.8, 4) is 5.75 Å². The van der Waals surface area contributed by atoms with Crippen molar-refractivity contribution in [2.45, 2.75) is 18.2 Å². The van der Waals surface area contributed by atoms with Gasteiger partial charge in [-0.25, -0.2) is 0 Å². The van der Waals surface area contributed by atoms with Gasteiger partial charge in [-0.05, 0) is 25.0 Å². The van der Waals surface area contributed by atoms with Crippen LogP contribution in [0, 0.1) is 5.92 Å². The van der Waals surface area contributed by atoms with Crippen LogP contribution in [0.5, 0.6) is 5.75 Å². The van der Waals surface area contributed by atoms with Crippen molar-refractivity contribution in [2.24, 2.45) is 5.92 Å². The second-order valence-electron chi connectivity index (χ2n) is 4.26. The molecule has 18 heavy (non-hydrogen) atoms. The van der Waals surface area contributed by atoms with E-state index in [0.29, 0.717) is 28.3 Å². The highest BCUT2D eigenvalue weighted by Crippen LogP contribution is 2.42. The lowest BCUT2D eigenvalue weighted by Gasteiger charge is -2.19. The van der Waals surface area contributed by atoms with Gasteiger partial charge in [-0.15, -0.1) is 0 Å². The Balaban J connectivity index is 2.24. The SMILES string of the molecule is CCOc1cc(Cl)c(C(Br)C2CCOC2)cc1Cl. The van der Waals surface area contributed by atoms with Gasteiger partial charge in [0.1, 0.15) is 5.75 Å². The third kappa shape index (κ3) is 3.13. The Morgan fingerprint density at radius 1 is 1.44 bits per heavy atom. The molecular formula is C13H15BrCl2O2. The topological polar surface area (TPSA) is 18.5 Å². The molecule has 0 saturated carbocycles. The summed E-state index contributed by atoms with van der Waals surface area (Å²) in [4.78, 5) is 0.167. The van der Waals surface area contributed by atoms with E-state index in [4.69, 9.17) is 32.7 Å². The van der Waals surface area contributed by atoms with Crippen molar-refractivity contribution < 1.29 is 9.47 Å². The van der Waals surface area contributed by atoms with E-state index in [2.05, 4.69) is 15.9 Å². The van der Waals surface area contributed by atoms with Gasteiger partial charge < -0.3 is 9.47 Å². The van der Waals surface area contributed by atoms with Gasteiger partial charge >= 0.3 is 0 Å². The maximum Gasteiger partial charge on any atom is 0.139 e. The molecule has 2 nitrogen and oxygen atoms in total. The molecular weight excluding hydrogens is 339 g/mol. The average Bonchev–Trinajstić information content (AvgIpc) is 2.86. The third-order valence-corrected chi connectivity index (χ3v) is 4.89. The zero-order valence-electron chi connectivity index (χ0n) is 10.1. The summed E-state index contributed by atoms with van der Waals surface area (Å²) in [7, 11) is 0. The molecule has 100 valence electrons. The number of hydrogen-bond donors (Lipinski definition) is 0. The highest BCUT2D eigenvalue weighted by Gasteiger charge is 2.27. The van der Waals surface area contributed by atoms with Crippen molar-refractivity contribution in [3.05, 3.63) is 27.7 Å². The molecule has 1 aromatic rings. The fourth-order valence-electron chi connectivity index (χ4n) is 2.06. The Kier molecular flexibility index (Phi) is 5.19. The molecule has 0 aromatic heterocycles. The van der Waals surface area contributed by atoms with E-state index >= 15 is 0 Å². The molecule has 0 radical (unpaired) electrons. The lowest BCUT2D eigenvalue weighted by atomic mass is 9.98. The Morgan fingerprint density at radius 2 is 2.22 bits per heavy atom. The van der Waals surface area contributed by atoms with E-state index in [1.165, 1.54) is 0 Å². The lowest BCUT2D eigenvalue weighted by molar-refractivity contribution is 0.185. The van der Waals surface area contributed by atoms with Crippen molar-refractivity contribution in [2.75, 3.05) is 19.8 Å². The molecule has 1 aliphatic rings. The molecule has 0 spiro atoms. The van der Waals surface area contributed by atoms with Crippen LogP contribution in [0.3, 0.4) is 0 Å². The number of benzene rings is 1. The van der Waals surface area contributed by atoms with Gasteiger partial charge in [-0.1, -0.05) is 39.1 Å². The van der Waals surface area contributed by atoms with E-state index in [1.807, 2.05) is 13.0 Å². The van der Waals surface area contributed by atoms with Gasteiger partial charge in [0, 0.05) is 28.4 Å². The Hall–Kier alpha value is 0.0400. The van der Waals surface area contributed by atoms with Crippen molar-refractivity contribution in [1.29, 1.82) is 0 Å². The van der Waals surface area contributed by atoms with Crippen LogP contribution in [0.2, 0.25) is 10.0 Å². The van der Waals surface area contributed by atoms with Crippen LogP contribution < -0.4 is 4.74 Å². The van der Waals surface area contributed by atoms with Gasteiger partial charge in [0.25, 0.3) is 0 Å². The van der Waals surface area contributed by atoms with E-state index in [1.54, 1.807) is 6.07 Å². The molecule has 1 aliphatic heterocycles. The molecule has 1 aromatic carbocycles. The molecule has 5 heteroatoms. The van der Waals surface area contributed by atoms with Crippen LogP contribution in [-0.4, -0.2) is 19.8 Å². The number of halogens is 3. The lowest BCUT2D eigenvalue weighted by Crippen LogP contribution is -2.08. The fourth-order valence-corrected chi connectivity index (χ4v) is 3.48. The first-order chi connectivity index (χ1) is 8.63. The van der Waals surface area contributed by atoms with Crippen molar-refractivity contribution in [1.82, 2.24) is 0 Å². The second kappa shape index (κ2) is 6.47. The number of rotatable bonds is 4. The smallest absolute Gasteiger partial charge is 0.139 e. The Bertz CT molecular complexity index is 420. The third-order valence-electron chi connectivity index (χ3n) is 3.03. The number of ether oxygens (including phenoxy) is 2. The average molecular weight is 354 g/mol. The Morgan fingerprint density at radius 3 is 2.83 bits per heavy atom. The number of alkyl halides is 1. The Labute approximate surface area is 126 Å². The summed E-state index contributed by atoms with van der Waals surface area (Å²) in [6.45, 7) is 4.07. The normalized spacial score (nSPS) is 21.0. The van der Waals surface area contributed by atoms with E-state index in [-0.39, 0.29) is 4.83 Å².